The highest BCUT2D eigenvalue weighted by molar-refractivity contribution is 14.1. The van der Waals surface area contributed by atoms with Crippen molar-refractivity contribution < 1.29 is 9.90 Å². The van der Waals surface area contributed by atoms with E-state index in [0.29, 0.717) is 5.56 Å². The molecule has 1 rings (SSSR count). The molecule has 0 bridgehead atoms. The van der Waals surface area contributed by atoms with Gasteiger partial charge in [-0.15, -0.1) is 0 Å². The second kappa shape index (κ2) is 5.14. The third-order valence-corrected chi connectivity index (χ3v) is 3.53. The molecule has 0 atom stereocenters. The first-order valence-electron chi connectivity index (χ1n) is 5.06. The average Bonchev–Trinajstić information content (AvgIpc) is 2.21. The number of aliphatic hydroxyl groups is 1. The number of carbonyl (C=O) groups excluding carboxylic acids is 1. The van der Waals surface area contributed by atoms with Crippen LogP contribution in [0, 0.1) is 10.5 Å². The van der Waals surface area contributed by atoms with Crippen LogP contribution in [0.25, 0.3) is 0 Å². The van der Waals surface area contributed by atoms with E-state index < -0.39 is 5.54 Å². The van der Waals surface area contributed by atoms with Gasteiger partial charge in [-0.05, 0) is 61.1 Å². The van der Waals surface area contributed by atoms with Crippen LogP contribution in [0.3, 0.4) is 0 Å². The third kappa shape index (κ3) is 3.18. The van der Waals surface area contributed by atoms with Crippen LogP contribution in [0.5, 0.6) is 0 Å². The summed E-state index contributed by atoms with van der Waals surface area (Å²) in [5.74, 6) is -0.143. The molecule has 2 N–H and O–H groups in total. The fourth-order valence-electron chi connectivity index (χ4n) is 1.27. The molecule has 1 aromatic carbocycles. The summed E-state index contributed by atoms with van der Waals surface area (Å²) >= 11 is 2.20. The molecule has 3 nitrogen and oxygen atoms in total. The van der Waals surface area contributed by atoms with Gasteiger partial charge < -0.3 is 10.4 Å². The number of hydrogen-bond donors (Lipinski definition) is 2. The van der Waals surface area contributed by atoms with Crippen molar-refractivity contribution in [3.63, 3.8) is 0 Å². The molecule has 0 heterocycles. The minimum atomic E-state index is -0.592. The second-order valence-electron chi connectivity index (χ2n) is 4.41. The van der Waals surface area contributed by atoms with E-state index in [4.69, 9.17) is 5.11 Å². The first kappa shape index (κ1) is 13.4. The van der Waals surface area contributed by atoms with Crippen LogP contribution in [0.1, 0.15) is 29.8 Å². The molecule has 0 aliphatic carbocycles. The van der Waals surface area contributed by atoms with Gasteiger partial charge in [0.1, 0.15) is 0 Å². The maximum absolute atomic E-state index is 12.0. The van der Waals surface area contributed by atoms with Crippen LogP contribution in [-0.2, 0) is 0 Å². The predicted octanol–water partition coefficient (Wildman–Crippen LogP) is 2.10. The molecule has 4 heteroatoms. The SMILES string of the molecule is Cc1c(I)cccc1C(=O)NC(C)(C)CO. The van der Waals surface area contributed by atoms with Gasteiger partial charge in [0.15, 0.2) is 0 Å². The lowest BCUT2D eigenvalue weighted by atomic mass is 10.0. The number of amides is 1. The fourth-order valence-corrected chi connectivity index (χ4v) is 1.77. The molecule has 0 saturated heterocycles. The summed E-state index contributed by atoms with van der Waals surface area (Å²) in [5, 5.41) is 11.9. The van der Waals surface area contributed by atoms with E-state index in [1.807, 2.05) is 19.1 Å². The Bertz CT molecular complexity index is 402. The molecule has 0 aromatic heterocycles. The minimum Gasteiger partial charge on any atom is -0.394 e. The first-order chi connectivity index (χ1) is 7.37. The van der Waals surface area contributed by atoms with Crippen molar-refractivity contribution in [2.75, 3.05) is 6.61 Å². The van der Waals surface area contributed by atoms with E-state index in [1.165, 1.54) is 0 Å². The average molecular weight is 333 g/mol. The Hall–Kier alpha value is -0.620. The Kier molecular flexibility index (Phi) is 4.32. The summed E-state index contributed by atoms with van der Waals surface area (Å²) in [5.41, 5.74) is 1.04. The van der Waals surface area contributed by atoms with E-state index in [9.17, 15) is 4.79 Å². The van der Waals surface area contributed by atoms with Crippen molar-refractivity contribution >= 4 is 28.5 Å². The Morgan fingerprint density at radius 1 is 1.50 bits per heavy atom. The zero-order valence-corrected chi connectivity index (χ0v) is 11.8. The van der Waals surface area contributed by atoms with Crippen molar-refractivity contribution in [1.82, 2.24) is 5.32 Å². The van der Waals surface area contributed by atoms with Crippen molar-refractivity contribution in [2.45, 2.75) is 26.3 Å². The van der Waals surface area contributed by atoms with Gasteiger partial charge in [-0.3, -0.25) is 4.79 Å². The number of nitrogens with one attached hydrogen (secondary N) is 1. The molecular formula is C12H16INO2. The molecule has 16 heavy (non-hydrogen) atoms. The van der Waals surface area contributed by atoms with Crippen LogP contribution >= 0.6 is 22.6 Å². The van der Waals surface area contributed by atoms with Crippen molar-refractivity contribution in [2.24, 2.45) is 0 Å². The standard InChI is InChI=1S/C12H16INO2/c1-8-9(5-4-6-10(8)13)11(16)14-12(2,3)7-15/h4-6,15H,7H2,1-3H3,(H,14,16). The summed E-state index contributed by atoms with van der Waals surface area (Å²) in [6.07, 6.45) is 0. The highest BCUT2D eigenvalue weighted by atomic mass is 127. The Labute approximate surface area is 109 Å². The third-order valence-electron chi connectivity index (χ3n) is 2.36. The summed E-state index contributed by atoms with van der Waals surface area (Å²) in [4.78, 5) is 12.0. The second-order valence-corrected chi connectivity index (χ2v) is 5.57. The number of rotatable bonds is 3. The minimum absolute atomic E-state index is 0.0816. The maximum Gasteiger partial charge on any atom is 0.252 e. The van der Waals surface area contributed by atoms with E-state index in [2.05, 4.69) is 27.9 Å². The van der Waals surface area contributed by atoms with Gasteiger partial charge in [-0.25, -0.2) is 0 Å². The summed E-state index contributed by atoms with van der Waals surface area (Å²) in [7, 11) is 0. The largest absolute Gasteiger partial charge is 0.394 e. The molecule has 0 radical (unpaired) electrons. The van der Waals surface area contributed by atoms with Crippen LogP contribution < -0.4 is 5.32 Å². The lowest BCUT2D eigenvalue weighted by molar-refractivity contribution is 0.0868. The zero-order valence-electron chi connectivity index (χ0n) is 9.67. The van der Waals surface area contributed by atoms with Gasteiger partial charge in [-0.1, -0.05) is 6.07 Å². The molecule has 0 saturated carbocycles. The Morgan fingerprint density at radius 2 is 2.12 bits per heavy atom. The van der Waals surface area contributed by atoms with Crippen LogP contribution in [-0.4, -0.2) is 23.2 Å². The number of halogens is 1. The number of hydrogen-bond acceptors (Lipinski definition) is 2. The van der Waals surface area contributed by atoms with E-state index in [0.717, 1.165) is 9.13 Å². The van der Waals surface area contributed by atoms with E-state index in [1.54, 1.807) is 19.9 Å². The lowest BCUT2D eigenvalue weighted by Crippen LogP contribution is -2.46. The van der Waals surface area contributed by atoms with Crippen molar-refractivity contribution in [3.05, 3.63) is 32.9 Å². The summed E-state index contributed by atoms with van der Waals surface area (Å²) in [6, 6.07) is 5.61. The van der Waals surface area contributed by atoms with E-state index in [-0.39, 0.29) is 12.5 Å². The molecule has 0 aliphatic heterocycles. The van der Waals surface area contributed by atoms with Gasteiger partial charge in [0.2, 0.25) is 0 Å². The monoisotopic (exact) mass is 333 g/mol. The Balaban J connectivity index is 2.94. The highest BCUT2D eigenvalue weighted by Crippen LogP contribution is 2.16. The molecule has 0 unspecified atom stereocenters. The number of benzene rings is 1. The van der Waals surface area contributed by atoms with Crippen molar-refractivity contribution in [1.29, 1.82) is 0 Å². The number of carbonyl (C=O) groups is 1. The van der Waals surface area contributed by atoms with Crippen molar-refractivity contribution in [3.8, 4) is 0 Å². The first-order valence-corrected chi connectivity index (χ1v) is 6.14. The van der Waals surface area contributed by atoms with Gasteiger partial charge in [0.25, 0.3) is 5.91 Å². The number of aliphatic hydroxyl groups excluding tert-OH is 1. The maximum atomic E-state index is 12.0. The Morgan fingerprint density at radius 3 is 2.69 bits per heavy atom. The molecule has 1 amide bonds. The van der Waals surface area contributed by atoms with Crippen LogP contribution in [0.15, 0.2) is 18.2 Å². The summed E-state index contributed by atoms with van der Waals surface area (Å²) < 4.78 is 1.06. The lowest BCUT2D eigenvalue weighted by Gasteiger charge is -2.24. The normalized spacial score (nSPS) is 11.3. The molecule has 0 fully saturated rings. The quantitative estimate of drug-likeness (QED) is 0.833. The molecule has 1 aromatic rings. The van der Waals surface area contributed by atoms with Gasteiger partial charge in [0.05, 0.1) is 12.1 Å². The molecule has 0 aliphatic rings. The predicted molar refractivity (Wildman–Crippen MR) is 72.5 cm³/mol. The smallest absolute Gasteiger partial charge is 0.252 e. The topological polar surface area (TPSA) is 49.3 Å². The molecule has 88 valence electrons. The van der Waals surface area contributed by atoms with Crippen LogP contribution in [0.2, 0.25) is 0 Å². The van der Waals surface area contributed by atoms with Crippen LogP contribution in [0.4, 0.5) is 0 Å². The fraction of sp³-hybridized carbons (Fsp3) is 0.417. The summed E-state index contributed by atoms with van der Waals surface area (Å²) in [6.45, 7) is 5.41. The highest BCUT2D eigenvalue weighted by Gasteiger charge is 2.21. The molecular weight excluding hydrogens is 317 g/mol. The zero-order chi connectivity index (χ0) is 12.3. The molecule has 0 spiro atoms. The van der Waals surface area contributed by atoms with Gasteiger partial charge in [-0.2, -0.15) is 0 Å². The van der Waals surface area contributed by atoms with Gasteiger partial charge >= 0.3 is 0 Å². The van der Waals surface area contributed by atoms with E-state index >= 15 is 0 Å². The van der Waals surface area contributed by atoms with Gasteiger partial charge in [0, 0.05) is 9.13 Å².